The Morgan fingerprint density at radius 2 is 2.37 bits per heavy atom. The molecule has 0 aliphatic rings. The number of hydrogen-bond acceptors (Lipinski definition) is 3. The van der Waals surface area contributed by atoms with Gasteiger partial charge in [0.15, 0.2) is 5.76 Å². The van der Waals surface area contributed by atoms with Gasteiger partial charge in [-0.2, -0.15) is 0 Å². The van der Waals surface area contributed by atoms with Gasteiger partial charge in [0.2, 0.25) is 0 Å². The fourth-order valence-corrected chi connectivity index (χ4v) is 2.10. The predicted molar refractivity (Wildman–Crippen MR) is 71.8 cm³/mol. The maximum absolute atomic E-state index is 12.2. The summed E-state index contributed by atoms with van der Waals surface area (Å²) in [5.41, 5.74) is 0.840. The van der Waals surface area contributed by atoms with Gasteiger partial charge in [0.05, 0.1) is 12.3 Å². The molecule has 0 aromatic carbocycles. The van der Waals surface area contributed by atoms with E-state index in [-0.39, 0.29) is 11.9 Å². The lowest BCUT2D eigenvalue weighted by Gasteiger charge is -2.17. The van der Waals surface area contributed by atoms with Crippen LogP contribution in [-0.2, 0) is 7.05 Å². The van der Waals surface area contributed by atoms with Crippen molar-refractivity contribution in [2.75, 3.05) is 0 Å². The van der Waals surface area contributed by atoms with Gasteiger partial charge < -0.3 is 14.3 Å². The van der Waals surface area contributed by atoms with E-state index in [0.717, 1.165) is 24.2 Å². The van der Waals surface area contributed by atoms with Crippen molar-refractivity contribution in [3.63, 3.8) is 0 Å². The summed E-state index contributed by atoms with van der Waals surface area (Å²) in [6, 6.07) is 1.69. The second-order valence-corrected chi connectivity index (χ2v) is 4.64. The zero-order valence-corrected chi connectivity index (χ0v) is 11.5. The fourth-order valence-electron chi connectivity index (χ4n) is 2.10. The van der Waals surface area contributed by atoms with Crippen molar-refractivity contribution in [2.45, 2.75) is 32.7 Å². The first kappa shape index (κ1) is 13.4. The first-order valence-electron chi connectivity index (χ1n) is 6.45. The molecule has 2 aromatic heterocycles. The van der Waals surface area contributed by atoms with Crippen LogP contribution in [-0.4, -0.2) is 15.5 Å². The molecule has 2 heterocycles. The smallest absolute Gasteiger partial charge is 0.287 e. The minimum Gasteiger partial charge on any atom is -0.459 e. The summed E-state index contributed by atoms with van der Waals surface area (Å²) in [5.74, 6) is 1.04. The molecule has 0 fully saturated rings. The topological polar surface area (TPSA) is 60.1 Å². The van der Waals surface area contributed by atoms with Gasteiger partial charge in [0.1, 0.15) is 5.82 Å². The predicted octanol–water partition coefficient (Wildman–Crippen LogP) is 2.59. The monoisotopic (exact) mass is 261 g/mol. The largest absolute Gasteiger partial charge is 0.459 e. The van der Waals surface area contributed by atoms with Crippen LogP contribution in [0.4, 0.5) is 0 Å². The summed E-state index contributed by atoms with van der Waals surface area (Å²) in [6.07, 6.45) is 6.95. The van der Waals surface area contributed by atoms with Crippen molar-refractivity contribution in [3.8, 4) is 0 Å². The molecule has 1 amide bonds. The Morgan fingerprint density at radius 3 is 2.89 bits per heavy atom. The zero-order chi connectivity index (χ0) is 13.8. The Balaban J connectivity index is 2.16. The van der Waals surface area contributed by atoms with Gasteiger partial charge in [-0.05, 0) is 19.4 Å². The van der Waals surface area contributed by atoms with E-state index < -0.39 is 0 Å². The number of rotatable bonds is 5. The van der Waals surface area contributed by atoms with Gasteiger partial charge >= 0.3 is 0 Å². The molecule has 0 aliphatic carbocycles. The summed E-state index contributed by atoms with van der Waals surface area (Å²) >= 11 is 0. The van der Waals surface area contributed by atoms with Gasteiger partial charge in [-0.15, -0.1) is 0 Å². The Morgan fingerprint density at radius 1 is 1.58 bits per heavy atom. The standard InChI is InChI=1S/C14H19N3O2/c1-4-5-11(13-15-7-8-17(13)3)16-14(18)12-10(2)6-9-19-12/h6-9,11H,4-5H2,1-3H3,(H,16,18)/t11-/m0/s1. The molecule has 102 valence electrons. The van der Waals surface area contributed by atoms with E-state index in [9.17, 15) is 4.79 Å². The molecule has 2 aromatic rings. The third-order valence-corrected chi connectivity index (χ3v) is 3.12. The second-order valence-electron chi connectivity index (χ2n) is 4.64. The number of nitrogens with one attached hydrogen (secondary N) is 1. The van der Waals surface area contributed by atoms with Crippen LogP contribution in [0.3, 0.4) is 0 Å². The number of aryl methyl sites for hydroxylation is 2. The zero-order valence-electron chi connectivity index (χ0n) is 11.5. The molecule has 2 rings (SSSR count). The Hall–Kier alpha value is -2.04. The molecular formula is C14H19N3O2. The normalized spacial score (nSPS) is 12.4. The maximum atomic E-state index is 12.2. The van der Waals surface area contributed by atoms with E-state index in [2.05, 4.69) is 17.2 Å². The molecule has 0 bridgehead atoms. The molecule has 0 radical (unpaired) electrons. The van der Waals surface area contributed by atoms with Gasteiger partial charge in [-0.1, -0.05) is 13.3 Å². The quantitative estimate of drug-likeness (QED) is 0.900. The molecule has 5 heteroatoms. The van der Waals surface area contributed by atoms with Crippen molar-refractivity contribution in [3.05, 3.63) is 41.9 Å². The minimum atomic E-state index is -0.191. The van der Waals surface area contributed by atoms with E-state index in [1.165, 1.54) is 6.26 Å². The highest BCUT2D eigenvalue weighted by molar-refractivity contribution is 5.93. The summed E-state index contributed by atoms with van der Waals surface area (Å²) in [6.45, 7) is 3.94. The average Bonchev–Trinajstić information content (AvgIpc) is 2.97. The molecule has 5 nitrogen and oxygen atoms in total. The van der Waals surface area contributed by atoms with E-state index in [1.54, 1.807) is 12.3 Å². The molecule has 0 saturated heterocycles. The number of furan rings is 1. The number of hydrogen-bond donors (Lipinski definition) is 1. The highest BCUT2D eigenvalue weighted by Crippen LogP contribution is 2.18. The lowest BCUT2D eigenvalue weighted by molar-refractivity contribution is 0.0903. The van der Waals surface area contributed by atoms with Gasteiger partial charge in [0.25, 0.3) is 5.91 Å². The summed E-state index contributed by atoms with van der Waals surface area (Å²) in [7, 11) is 1.93. The highest BCUT2D eigenvalue weighted by atomic mass is 16.3. The van der Waals surface area contributed by atoms with Crippen LogP contribution in [0.5, 0.6) is 0 Å². The van der Waals surface area contributed by atoms with Crippen LogP contribution in [0, 0.1) is 6.92 Å². The number of carbonyl (C=O) groups excluding carboxylic acids is 1. The second kappa shape index (κ2) is 5.73. The molecular weight excluding hydrogens is 242 g/mol. The van der Waals surface area contributed by atoms with E-state index in [1.807, 2.05) is 24.7 Å². The SMILES string of the molecule is CCC[C@H](NC(=O)c1occc1C)c1nccn1C. The summed E-state index contributed by atoms with van der Waals surface area (Å²) in [4.78, 5) is 16.5. The lowest BCUT2D eigenvalue weighted by Crippen LogP contribution is -2.30. The first-order valence-corrected chi connectivity index (χ1v) is 6.45. The molecule has 0 spiro atoms. The van der Waals surface area contributed by atoms with Gasteiger partial charge in [-0.3, -0.25) is 4.79 Å². The molecule has 1 N–H and O–H groups in total. The van der Waals surface area contributed by atoms with Gasteiger partial charge in [-0.25, -0.2) is 4.98 Å². The third-order valence-electron chi connectivity index (χ3n) is 3.12. The first-order chi connectivity index (χ1) is 9.13. The Bertz CT molecular complexity index is 557. The number of amides is 1. The van der Waals surface area contributed by atoms with Crippen LogP contribution in [0.1, 0.15) is 47.7 Å². The average molecular weight is 261 g/mol. The maximum Gasteiger partial charge on any atom is 0.287 e. The minimum absolute atomic E-state index is 0.0954. The van der Waals surface area contributed by atoms with Crippen LogP contribution < -0.4 is 5.32 Å². The Kier molecular flexibility index (Phi) is 4.04. The number of carbonyl (C=O) groups is 1. The van der Waals surface area contributed by atoms with Crippen molar-refractivity contribution in [2.24, 2.45) is 7.05 Å². The van der Waals surface area contributed by atoms with Crippen molar-refractivity contribution >= 4 is 5.91 Å². The van der Waals surface area contributed by atoms with Crippen LogP contribution in [0.2, 0.25) is 0 Å². The highest BCUT2D eigenvalue weighted by Gasteiger charge is 2.21. The van der Waals surface area contributed by atoms with E-state index in [4.69, 9.17) is 4.42 Å². The van der Waals surface area contributed by atoms with Crippen LogP contribution in [0.15, 0.2) is 29.1 Å². The third kappa shape index (κ3) is 2.86. The van der Waals surface area contributed by atoms with Crippen molar-refractivity contribution < 1.29 is 9.21 Å². The summed E-state index contributed by atoms with van der Waals surface area (Å²) < 4.78 is 7.14. The number of aromatic nitrogens is 2. The molecule has 19 heavy (non-hydrogen) atoms. The summed E-state index contributed by atoms with van der Waals surface area (Å²) in [5, 5.41) is 2.99. The van der Waals surface area contributed by atoms with Crippen LogP contribution >= 0.6 is 0 Å². The lowest BCUT2D eigenvalue weighted by atomic mass is 10.1. The van der Waals surface area contributed by atoms with Crippen molar-refractivity contribution in [1.29, 1.82) is 0 Å². The molecule has 0 unspecified atom stereocenters. The molecule has 0 saturated carbocycles. The van der Waals surface area contributed by atoms with E-state index in [0.29, 0.717) is 5.76 Å². The number of nitrogens with zero attached hydrogens (tertiary/aromatic N) is 2. The fraction of sp³-hybridized carbons (Fsp3) is 0.429. The van der Waals surface area contributed by atoms with E-state index >= 15 is 0 Å². The number of imidazole rings is 1. The van der Waals surface area contributed by atoms with Gasteiger partial charge in [0, 0.05) is 25.0 Å². The molecule has 1 atom stereocenters. The Labute approximate surface area is 112 Å². The van der Waals surface area contributed by atoms with Crippen LogP contribution in [0.25, 0.3) is 0 Å². The van der Waals surface area contributed by atoms with Crippen molar-refractivity contribution in [1.82, 2.24) is 14.9 Å². The molecule has 0 aliphatic heterocycles.